The first-order valence-electron chi connectivity index (χ1n) is 8.09. The molecule has 0 aliphatic carbocycles. The quantitative estimate of drug-likeness (QED) is 0.613. The number of hydrogen-bond acceptors (Lipinski definition) is 5. The number of pyridine rings is 1. The third-order valence-corrected chi connectivity index (χ3v) is 4.01. The lowest BCUT2D eigenvalue weighted by Crippen LogP contribution is -2.23. The summed E-state index contributed by atoms with van der Waals surface area (Å²) in [6.07, 6.45) is 3.29. The topological polar surface area (TPSA) is 69.0 Å². The fourth-order valence-electron chi connectivity index (χ4n) is 2.75. The van der Waals surface area contributed by atoms with Gasteiger partial charge in [0.2, 0.25) is 5.95 Å². The van der Waals surface area contributed by atoms with Gasteiger partial charge in [0.25, 0.3) is 5.56 Å². The van der Waals surface area contributed by atoms with E-state index in [0.717, 1.165) is 5.69 Å². The first-order valence-corrected chi connectivity index (χ1v) is 8.09. The van der Waals surface area contributed by atoms with E-state index in [9.17, 15) is 4.79 Å². The van der Waals surface area contributed by atoms with Crippen LogP contribution in [0.25, 0.3) is 16.6 Å². The summed E-state index contributed by atoms with van der Waals surface area (Å²) in [7, 11) is 1.57. The lowest BCUT2D eigenvalue weighted by atomic mass is 10.2. The van der Waals surface area contributed by atoms with Crippen LogP contribution in [0.15, 0.2) is 77.9 Å². The van der Waals surface area contributed by atoms with E-state index in [-0.39, 0.29) is 5.56 Å². The molecule has 6 heteroatoms. The molecule has 0 aliphatic rings. The maximum Gasteiger partial charge on any atom is 0.267 e. The third-order valence-electron chi connectivity index (χ3n) is 4.01. The first-order chi connectivity index (χ1) is 12.8. The molecular weight excluding hydrogens is 328 g/mol. The minimum atomic E-state index is -0.194. The molecule has 26 heavy (non-hydrogen) atoms. The largest absolute Gasteiger partial charge is 0.497 e. The standard InChI is InChI=1S/C20H16N4O2/c1-26-16-9-10-18-17(12-16)19(25)24(15-8-5-11-21-13-15)20(23-18)22-14-6-3-2-4-7-14/h2-13H,1H3,(H,22,23). The zero-order chi connectivity index (χ0) is 17.9. The van der Waals surface area contributed by atoms with Crippen LogP contribution in [0.4, 0.5) is 11.6 Å². The number of nitrogens with zero attached hydrogens (tertiary/aromatic N) is 3. The molecule has 4 rings (SSSR count). The fraction of sp³-hybridized carbons (Fsp3) is 0.0500. The monoisotopic (exact) mass is 344 g/mol. The van der Waals surface area contributed by atoms with Gasteiger partial charge in [-0.1, -0.05) is 18.2 Å². The van der Waals surface area contributed by atoms with Crippen molar-refractivity contribution in [2.24, 2.45) is 0 Å². The molecule has 0 unspecified atom stereocenters. The van der Waals surface area contributed by atoms with E-state index in [1.54, 1.807) is 43.8 Å². The molecule has 2 aromatic carbocycles. The Bertz CT molecular complexity index is 1110. The predicted octanol–water partition coefficient (Wildman–Crippen LogP) is 3.53. The zero-order valence-electron chi connectivity index (χ0n) is 14.1. The molecule has 0 atom stereocenters. The molecule has 128 valence electrons. The Kier molecular flexibility index (Phi) is 4.07. The Morgan fingerprint density at radius 3 is 2.62 bits per heavy atom. The molecule has 0 saturated carbocycles. The summed E-state index contributed by atoms with van der Waals surface area (Å²) < 4.78 is 6.76. The van der Waals surface area contributed by atoms with Gasteiger partial charge in [-0.15, -0.1) is 0 Å². The fourth-order valence-corrected chi connectivity index (χ4v) is 2.75. The molecule has 6 nitrogen and oxygen atoms in total. The Morgan fingerprint density at radius 2 is 1.88 bits per heavy atom. The Labute approximate surface area is 149 Å². The second kappa shape index (κ2) is 6.68. The molecule has 0 aliphatic heterocycles. The summed E-state index contributed by atoms with van der Waals surface area (Å²) in [5.41, 5.74) is 1.87. The Balaban J connectivity index is 1.98. The maximum atomic E-state index is 13.2. The summed E-state index contributed by atoms with van der Waals surface area (Å²) in [6.45, 7) is 0. The molecule has 0 radical (unpaired) electrons. The zero-order valence-corrected chi connectivity index (χ0v) is 14.1. The van der Waals surface area contributed by atoms with E-state index in [1.165, 1.54) is 4.57 Å². The van der Waals surface area contributed by atoms with Gasteiger partial charge in [0.15, 0.2) is 0 Å². The van der Waals surface area contributed by atoms with Crippen LogP contribution in [0.1, 0.15) is 0 Å². The van der Waals surface area contributed by atoms with Crippen molar-refractivity contribution < 1.29 is 4.74 Å². The molecule has 0 spiro atoms. The number of nitrogens with one attached hydrogen (secondary N) is 1. The lowest BCUT2D eigenvalue weighted by molar-refractivity contribution is 0.415. The van der Waals surface area contributed by atoms with Gasteiger partial charge in [-0.2, -0.15) is 0 Å². The van der Waals surface area contributed by atoms with E-state index in [4.69, 9.17) is 4.74 Å². The lowest BCUT2D eigenvalue weighted by Gasteiger charge is -2.15. The van der Waals surface area contributed by atoms with E-state index >= 15 is 0 Å². The molecule has 2 aromatic heterocycles. The smallest absolute Gasteiger partial charge is 0.267 e. The molecule has 2 heterocycles. The number of benzene rings is 2. The molecule has 0 saturated heterocycles. The van der Waals surface area contributed by atoms with Crippen molar-refractivity contribution in [1.29, 1.82) is 0 Å². The summed E-state index contributed by atoms with van der Waals surface area (Å²) in [4.78, 5) is 22.0. The van der Waals surface area contributed by atoms with Gasteiger partial charge in [0, 0.05) is 11.9 Å². The van der Waals surface area contributed by atoms with Crippen molar-refractivity contribution >= 4 is 22.5 Å². The Morgan fingerprint density at radius 1 is 1.04 bits per heavy atom. The van der Waals surface area contributed by atoms with Crippen molar-refractivity contribution in [3.05, 3.63) is 83.4 Å². The first kappa shape index (κ1) is 15.8. The van der Waals surface area contributed by atoms with Crippen LogP contribution >= 0.6 is 0 Å². The Hall–Kier alpha value is -3.67. The van der Waals surface area contributed by atoms with E-state index in [1.807, 2.05) is 36.4 Å². The highest BCUT2D eigenvalue weighted by Crippen LogP contribution is 2.22. The van der Waals surface area contributed by atoms with Crippen LogP contribution in [-0.2, 0) is 0 Å². The van der Waals surface area contributed by atoms with Gasteiger partial charge >= 0.3 is 0 Å². The van der Waals surface area contributed by atoms with Crippen LogP contribution in [0.2, 0.25) is 0 Å². The second-order valence-electron chi connectivity index (χ2n) is 5.66. The summed E-state index contributed by atoms with van der Waals surface area (Å²) in [5.74, 6) is 1.03. The van der Waals surface area contributed by atoms with Crippen LogP contribution in [0.5, 0.6) is 5.75 Å². The number of hydrogen-bond donors (Lipinski definition) is 1. The van der Waals surface area contributed by atoms with Crippen molar-refractivity contribution in [2.75, 3.05) is 12.4 Å². The SMILES string of the molecule is COc1ccc2nc(Nc3ccccc3)n(-c3cccnc3)c(=O)c2c1. The van der Waals surface area contributed by atoms with Crippen molar-refractivity contribution in [3.63, 3.8) is 0 Å². The van der Waals surface area contributed by atoms with Gasteiger partial charge < -0.3 is 10.1 Å². The van der Waals surface area contributed by atoms with E-state index < -0.39 is 0 Å². The summed E-state index contributed by atoms with van der Waals surface area (Å²) >= 11 is 0. The number of fused-ring (bicyclic) bond motifs is 1. The van der Waals surface area contributed by atoms with E-state index in [0.29, 0.717) is 28.3 Å². The van der Waals surface area contributed by atoms with Gasteiger partial charge in [0.1, 0.15) is 5.75 Å². The molecule has 0 bridgehead atoms. The average Bonchev–Trinajstić information content (AvgIpc) is 2.69. The van der Waals surface area contributed by atoms with Gasteiger partial charge in [-0.3, -0.25) is 9.78 Å². The molecule has 4 aromatic rings. The molecule has 0 fully saturated rings. The third kappa shape index (κ3) is 2.88. The highest BCUT2D eigenvalue weighted by Gasteiger charge is 2.14. The van der Waals surface area contributed by atoms with Crippen LogP contribution in [-0.4, -0.2) is 21.6 Å². The van der Waals surface area contributed by atoms with Crippen molar-refractivity contribution in [1.82, 2.24) is 14.5 Å². The van der Waals surface area contributed by atoms with Crippen LogP contribution in [0.3, 0.4) is 0 Å². The van der Waals surface area contributed by atoms with Gasteiger partial charge in [-0.25, -0.2) is 9.55 Å². The number of para-hydroxylation sites is 1. The number of methoxy groups -OCH3 is 1. The minimum Gasteiger partial charge on any atom is -0.497 e. The summed E-state index contributed by atoms with van der Waals surface area (Å²) in [5, 5.41) is 3.70. The number of anilines is 2. The highest BCUT2D eigenvalue weighted by molar-refractivity contribution is 5.81. The minimum absolute atomic E-state index is 0.194. The predicted molar refractivity (Wildman–Crippen MR) is 101 cm³/mol. The summed E-state index contributed by atoms with van der Waals surface area (Å²) in [6, 6.07) is 18.5. The second-order valence-corrected chi connectivity index (χ2v) is 5.66. The number of ether oxygens (including phenoxy) is 1. The van der Waals surface area contributed by atoms with Crippen molar-refractivity contribution in [2.45, 2.75) is 0 Å². The van der Waals surface area contributed by atoms with Gasteiger partial charge in [0.05, 0.1) is 29.9 Å². The van der Waals surface area contributed by atoms with Crippen LogP contribution < -0.4 is 15.6 Å². The van der Waals surface area contributed by atoms with Crippen molar-refractivity contribution in [3.8, 4) is 11.4 Å². The molecular formula is C20H16N4O2. The van der Waals surface area contributed by atoms with E-state index in [2.05, 4.69) is 15.3 Å². The normalized spacial score (nSPS) is 10.7. The van der Waals surface area contributed by atoms with Crippen LogP contribution in [0, 0.1) is 0 Å². The molecule has 0 amide bonds. The number of aromatic nitrogens is 3. The van der Waals surface area contributed by atoms with Gasteiger partial charge in [-0.05, 0) is 42.5 Å². The average molecular weight is 344 g/mol. The highest BCUT2D eigenvalue weighted by atomic mass is 16.5. The number of rotatable bonds is 4. The maximum absolute atomic E-state index is 13.2. The molecule has 1 N–H and O–H groups in total.